The number of carbonyl (C=O) groups excluding carboxylic acids is 1. The summed E-state index contributed by atoms with van der Waals surface area (Å²) in [4.78, 5) is 29.7. The number of rotatable bonds is 7. The molecular weight excluding hydrogens is 398 g/mol. The molecule has 0 atom stereocenters. The van der Waals surface area contributed by atoms with Crippen LogP contribution in [-0.2, 0) is 17.8 Å². The number of amides is 1. The number of nitrogens with one attached hydrogen (secondary N) is 1. The van der Waals surface area contributed by atoms with Crippen molar-refractivity contribution in [1.29, 1.82) is 0 Å². The Balaban J connectivity index is 1.40. The van der Waals surface area contributed by atoms with Crippen molar-refractivity contribution in [3.63, 3.8) is 0 Å². The summed E-state index contributed by atoms with van der Waals surface area (Å²) < 4.78 is 7.29. The van der Waals surface area contributed by atoms with E-state index in [0.717, 1.165) is 17.7 Å². The number of hydrogen-bond acceptors (Lipinski definition) is 6. The van der Waals surface area contributed by atoms with Gasteiger partial charge in [0.1, 0.15) is 5.69 Å². The van der Waals surface area contributed by atoms with E-state index in [9.17, 15) is 14.9 Å². The highest BCUT2D eigenvalue weighted by Crippen LogP contribution is 2.30. The summed E-state index contributed by atoms with van der Waals surface area (Å²) in [6.07, 6.45) is 5.40. The number of hydrogen-bond donors (Lipinski definition) is 1. The van der Waals surface area contributed by atoms with E-state index in [2.05, 4.69) is 10.3 Å². The Morgan fingerprint density at radius 1 is 1.13 bits per heavy atom. The summed E-state index contributed by atoms with van der Waals surface area (Å²) in [7, 11) is 0. The van der Waals surface area contributed by atoms with Gasteiger partial charge < -0.3 is 19.5 Å². The smallest absolute Gasteiger partial charge is 0.293 e. The molecule has 0 spiro atoms. The second-order valence-corrected chi connectivity index (χ2v) is 7.29. The Hall–Kier alpha value is -3.72. The molecule has 160 valence electrons. The molecule has 1 amide bonds. The number of nitro benzene ring substituents is 1. The van der Waals surface area contributed by atoms with E-state index in [-0.39, 0.29) is 17.2 Å². The van der Waals surface area contributed by atoms with Crippen molar-refractivity contribution >= 4 is 17.3 Å². The molecule has 31 heavy (non-hydrogen) atoms. The first-order valence-corrected chi connectivity index (χ1v) is 10.0. The third kappa shape index (κ3) is 5.07. The molecule has 1 N–H and O–H groups in total. The highest BCUT2D eigenvalue weighted by Gasteiger charge is 2.23. The molecular formula is C22H23N5O4. The molecule has 1 saturated heterocycles. The topological polar surface area (TPSA) is 103 Å². The van der Waals surface area contributed by atoms with Gasteiger partial charge in [0.15, 0.2) is 0 Å². The maximum absolute atomic E-state index is 12.6. The lowest BCUT2D eigenvalue weighted by Gasteiger charge is -2.28. The van der Waals surface area contributed by atoms with Crippen LogP contribution in [0.3, 0.4) is 0 Å². The fourth-order valence-corrected chi connectivity index (χ4v) is 3.52. The number of benzene rings is 2. The van der Waals surface area contributed by atoms with Crippen LogP contribution in [-0.4, -0.2) is 46.7 Å². The van der Waals surface area contributed by atoms with E-state index in [4.69, 9.17) is 4.74 Å². The van der Waals surface area contributed by atoms with Gasteiger partial charge in [0, 0.05) is 50.2 Å². The average molecular weight is 421 g/mol. The third-order valence-electron chi connectivity index (χ3n) is 5.19. The number of ether oxygens (including phenoxy) is 1. The van der Waals surface area contributed by atoms with Crippen molar-refractivity contribution in [1.82, 2.24) is 14.9 Å². The molecule has 2 aromatic carbocycles. The van der Waals surface area contributed by atoms with Gasteiger partial charge in [-0.25, -0.2) is 4.98 Å². The van der Waals surface area contributed by atoms with Crippen LogP contribution in [0.4, 0.5) is 11.4 Å². The molecule has 1 aromatic heterocycles. The molecule has 4 rings (SSSR count). The Morgan fingerprint density at radius 2 is 1.87 bits per heavy atom. The average Bonchev–Trinajstić information content (AvgIpc) is 3.31. The third-order valence-corrected chi connectivity index (χ3v) is 5.19. The molecule has 0 unspecified atom stereocenters. The number of nitro groups is 1. The van der Waals surface area contributed by atoms with E-state index in [1.165, 1.54) is 6.07 Å². The molecule has 0 saturated carbocycles. The Bertz CT molecular complexity index is 1040. The fraction of sp³-hybridized carbons (Fsp3) is 0.273. The summed E-state index contributed by atoms with van der Waals surface area (Å²) in [5, 5.41) is 14.4. The van der Waals surface area contributed by atoms with Gasteiger partial charge in [-0.15, -0.1) is 0 Å². The summed E-state index contributed by atoms with van der Waals surface area (Å²) in [5.74, 6) is -0.348. The standard InChI is InChI=1S/C22H23N5O4/c28-22(24-14-17-1-3-18(4-2-17)15-25-8-7-23-16-25)19-5-6-20(21(13-19)27(29)30)26-9-11-31-12-10-26/h1-8,13,16H,9-12,14-15H2,(H,24,28). The molecule has 1 fully saturated rings. The molecule has 3 aromatic rings. The zero-order valence-electron chi connectivity index (χ0n) is 16.9. The SMILES string of the molecule is O=C(NCc1ccc(Cn2ccnc2)cc1)c1ccc(N2CCOCC2)c([N+](=O)[O-])c1. The number of imidazole rings is 1. The van der Waals surface area contributed by atoms with Crippen LogP contribution in [0.15, 0.2) is 61.2 Å². The van der Waals surface area contributed by atoms with Crippen molar-refractivity contribution in [2.24, 2.45) is 0 Å². The minimum Gasteiger partial charge on any atom is -0.378 e. The lowest BCUT2D eigenvalue weighted by molar-refractivity contribution is -0.384. The van der Waals surface area contributed by atoms with Gasteiger partial charge in [0.05, 0.1) is 24.5 Å². The number of nitrogens with zero attached hydrogens (tertiary/aromatic N) is 4. The number of anilines is 1. The van der Waals surface area contributed by atoms with Gasteiger partial charge in [-0.3, -0.25) is 14.9 Å². The highest BCUT2D eigenvalue weighted by molar-refractivity contribution is 5.95. The summed E-state index contributed by atoms with van der Waals surface area (Å²) in [6, 6.07) is 12.5. The Labute approximate surface area is 179 Å². The lowest BCUT2D eigenvalue weighted by Crippen LogP contribution is -2.36. The second-order valence-electron chi connectivity index (χ2n) is 7.29. The van der Waals surface area contributed by atoms with Gasteiger partial charge in [-0.1, -0.05) is 24.3 Å². The van der Waals surface area contributed by atoms with Crippen molar-refractivity contribution in [2.45, 2.75) is 13.1 Å². The van der Waals surface area contributed by atoms with Crippen LogP contribution in [0.2, 0.25) is 0 Å². The van der Waals surface area contributed by atoms with Crippen molar-refractivity contribution in [3.05, 3.63) is 88.0 Å². The van der Waals surface area contributed by atoms with E-state index in [1.54, 1.807) is 24.7 Å². The molecule has 0 radical (unpaired) electrons. The lowest BCUT2D eigenvalue weighted by atomic mass is 10.1. The molecule has 1 aliphatic heterocycles. The number of carbonyl (C=O) groups is 1. The molecule has 0 aliphatic carbocycles. The minimum atomic E-state index is -0.444. The van der Waals surface area contributed by atoms with E-state index >= 15 is 0 Å². The van der Waals surface area contributed by atoms with Gasteiger partial charge in [0.2, 0.25) is 0 Å². The fourth-order valence-electron chi connectivity index (χ4n) is 3.52. The van der Waals surface area contributed by atoms with E-state index in [1.807, 2.05) is 39.9 Å². The van der Waals surface area contributed by atoms with Crippen LogP contribution in [0.5, 0.6) is 0 Å². The molecule has 1 aliphatic rings. The first-order chi connectivity index (χ1) is 15.1. The summed E-state index contributed by atoms with van der Waals surface area (Å²) in [6.45, 7) is 3.29. The largest absolute Gasteiger partial charge is 0.378 e. The maximum Gasteiger partial charge on any atom is 0.293 e. The van der Waals surface area contributed by atoms with Gasteiger partial charge >= 0.3 is 0 Å². The second kappa shape index (κ2) is 9.40. The summed E-state index contributed by atoms with van der Waals surface area (Å²) in [5.41, 5.74) is 2.78. The maximum atomic E-state index is 12.6. The molecule has 9 nitrogen and oxygen atoms in total. The van der Waals surface area contributed by atoms with Crippen molar-refractivity contribution in [3.8, 4) is 0 Å². The van der Waals surface area contributed by atoms with E-state index < -0.39 is 4.92 Å². The van der Waals surface area contributed by atoms with Crippen LogP contribution in [0.1, 0.15) is 21.5 Å². The predicted molar refractivity (Wildman–Crippen MR) is 115 cm³/mol. The molecule has 9 heteroatoms. The van der Waals surface area contributed by atoms with Crippen LogP contribution in [0, 0.1) is 10.1 Å². The van der Waals surface area contributed by atoms with Crippen LogP contribution < -0.4 is 10.2 Å². The predicted octanol–water partition coefficient (Wildman–Crippen LogP) is 2.61. The highest BCUT2D eigenvalue weighted by atomic mass is 16.6. The van der Waals surface area contributed by atoms with Crippen LogP contribution in [0.25, 0.3) is 0 Å². The first-order valence-electron chi connectivity index (χ1n) is 10.0. The number of morpholine rings is 1. The van der Waals surface area contributed by atoms with Crippen molar-refractivity contribution < 1.29 is 14.5 Å². The molecule has 2 heterocycles. The Kier molecular flexibility index (Phi) is 6.23. The summed E-state index contributed by atoms with van der Waals surface area (Å²) >= 11 is 0. The minimum absolute atomic E-state index is 0.0709. The zero-order chi connectivity index (χ0) is 21.6. The van der Waals surface area contributed by atoms with Crippen molar-refractivity contribution in [2.75, 3.05) is 31.2 Å². The van der Waals surface area contributed by atoms with Gasteiger partial charge in [0.25, 0.3) is 11.6 Å². The first kappa shape index (κ1) is 20.5. The zero-order valence-corrected chi connectivity index (χ0v) is 16.9. The molecule has 0 bridgehead atoms. The van der Waals surface area contributed by atoms with E-state index in [0.29, 0.717) is 38.5 Å². The van der Waals surface area contributed by atoms with Gasteiger partial charge in [-0.2, -0.15) is 0 Å². The number of aromatic nitrogens is 2. The monoisotopic (exact) mass is 421 g/mol. The Morgan fingerprint density at radius 3 is 2.55 bits per heavy atom. The van der Waals surface area contributed by atoms with Crippen LogP contribution >= 0.6 is 0 Å². The van der Waals surface area contributed by atoms with Gasteiger partial charge in [-0.05, 0) is 23.3 Å². The quantitative estimate of drug-likeness (QED) is 0.465. The normalized spacial score (nSPS) is 13.7.